The van der Waals surface area contributed by atoms with Gasteiger partial charge in [0.25, 0.3) is 0 Å². The smallest absolute Gasteiger partial charge is 0.0701 e. The summed E-state index contributed by atoms with van der Waals surface area (Å²) in [4.78, 5) is 1.36. The van der Waals surface area contributed by atoms with Crippen LogP contribution >= 0.6 is 27.3 Å². The second-order valence-corrected chi connectivity index (χ2v) is 5.35. The van der Waals surface area contributed by atoms with Gasteiger partial charge < -0.3 is 10.1 Å². The lowest BCUT2D eigenvalue weighted by molar-refractivity contribution is 0.179. The number of rotatable bonds is 5. The summed E-state index contributed by atoms with van der Waals surface area (Å²) in [6.45, 7) is 1.73. The number of likely N-dealkylation sites (N-methyl/N-ethyl adjacent to an activating group) is 1. The molecule has 74 valence electrons. The minimum atomic E-state index is 0.464. The van der Waals surface area contributed by atoms with E-state index in [-0.39, 0.29) is 0 Å². The molecule has 1 unspecified atom stereocenters. The lowest BCUT2D eigenvalue weighted by Gasteiger charge is -2.13. The molecule has 1 atom stereocenters. The summed E-state index contributed by atoms with van der Waals surface area (Å²) in [7, 11) is 3.70. The van der Waals surface area contributed by atoms with Crippen LogP contribution in [0.2, 0.25) is 0 Å². The van der Waals surface area contributed by atoms with Crippen LogP contribution in [0.3, 0.4) is 0 Å². The van der Waals surface area contributed by atoms with Crippen molar-refractivity contribution < 1.29 is 4.74 Å². The molecular weight excluding hydrogens is 250 g/mol. The standard InChI is InChI=1S/C9H14BrNOS/c1-11-5-7(6-12-2)8-3-4-9(10)13-8/h3-4,7,11H,5-6H2,1-2H3. The molecule has 0 saturated heterocycles. The Morgan fingerprint density at radius 1 is 1.62 bits per heavy atom. The summed E-state index contributed by atoms with van der Waals surface area (Å²) in [6.07, 6.45) is 0. The molecule has 4 heteroatoms. The van der Waals surface area contributed by atoms with Crippen molar-refractivity contribution in [1.82, 2.24) is 5.32 Å². The van der Waals surface area contributed by atoms with Crippen LogP contribution in [0.1, 0.15) is 10.8 Å². The molecule has 0 fully saturated rings. The van der Waals surface area contributed by atoms with E-state index in [1.165, 1.54) is 8.66 Å². The molecule has 0 radical (unpaired) electrons. The molecule has 0 bridgehead atoms. The van der Waals surface area contributed by atoms with Crippen molar-refractivity contribution in [3.63, 3.8) is 0 Å². The summed E-state index contributed by atoms with van der Waals surface area (Å²) in [5, 5.41) is 3.17. The fraction of sp³-hybridized carbons (Fsp3) is 0.556. The molecule has 1 N–H and O–H groups in total. The van der Waals surface area contributed by atoms with Gasteiger partial charge in [-0.25, -0.2) is 0 Å². The van der Waals surface area contributed by atoms with Crippen LogP contribution in [0.4, 0.5) is 0 Å². The van der Waals surface area contributed by atoms with Crippen molar-refractivity contribution in [2.45, 2.75) is 5.92 Å². The summed E-state index contributed by atoms with van der Waals surface area (Å²) in [6, 6.07) is 4.23. The summed E-state index contributed by atoms with van der Waals surface area (Å²) in [5.41, 5.74) is 0. The number of ether oxygens (including phenoxy) is 1. The first kappa shape index (κ1) is 11.2. The molecule has 0 aliphatic carbocycles. The highest BCUT2D eigenvalue weighted by molar-refractivity contribution is 9.11. The van der Waals surface area contributed by atoms with E-state index in [2.05, 4.69) is 33.4 Å². The zero-order chi connectivity index (χ0) is 9.68. The van der Waals surface area contributed by atoms with Crippen molar-refractivity contribution in [2.24, 2.45) is 0 Å². The largest absolute Gasteiger partial charge is 0.384 e. The fourth-order valence-corrected chi connectivity index (χ4v) is 2.75. The van der Waals surface area contributed by atoms with Crippen molar-refractivity contribution in [1.29, 1.82) is 0 Å². The Morgan fingerprint density at radius 2 is 2.38 bits per heavy atom. The van der Waals surface area contributed by atoms with Crippen LogP contribution in [0.5, 0.6) is 0 Å². The first-order chi connectivity index (χ1) is 6.27. The predicted octanol–water partition coefficient (Wildman–Crippen LogP) is 2.46. The lowest BCUT2D eigenvalue weighted by atomic mass is 10.1. The summed E-state index contributed by atoms with van der Waals surface area (Å²) < 4.78 is 6.35. The molecule has 1 heterocycles. The number of halogens is 1. The third-order valence-electron chi connectivity index (χ3n) is 1.81. The Balaban J connectivity index is 2.63. The highest BCUT2D eigenvalue weighted by atomic mass is 79.9. The van der Waals surface area contributed by atoms with E-state index < -0.39 is 0 Å². The van der Waals surface area contributed by atoms with E-state index in [0.717, 1.165) is 13.2 Å². The Morgan fingerprint density at radius 3 is 2.85 bits per heavy atom. The first-order valence-corrected chi connectivity index (χ1v) is 5.77. The fourth-order valence-electron chi connectivity index (χ4n) is 1.24. The van der Waals surface area contributed by atoms with Crippen LogP contribution in [-0.2, 0) is 4.74 Å². The van der Waals surface area contributed by atoms with Crippen molar-refractivity contribution in [3.8, 4) is 0 Å². The van der Waals surface area contributed by atoms with Crippen LogP contribution in [0.25, 0.3) is 0 Å². The molecule has 1 aromatic heterocycles. The molecule has 0 aliphatic rings. The third-order valence-corrected chi connectivity index (χ3v) is 3.60. The van der Waals surface area contributed by atoms with E-state index in [4.69, 9.17) is 4.74 Å². The van der Waals surface area contributed by atoms with Gasteiger partial charge in [-0.3, -0.25) is 0 Å². The van der Waals surface area contributed by atoms with E-state index in [0.29, 0.717) is 5.92 Å². The maximum absolute atomic E-state index is 5.17. The van der Waals surface area contributed by atoms with Crippen molar-refractivity contribution in [3.05, 3.63) is 20.8 Å². The monoisotopic (exact) mass is 263 g/mol. The van der Waals surface area contributed by atoms with E-state index in [1.54, 1.807) is 18.4 Å². The molecule has 2 nitrogen and oxygen atoms in total. The molecule has 0 aromatic carbocycles. The topological polar surface area (TPSA) is 21.3 Å². The normalized spacial score (nSPS) is 13.2. The van der Waals surface area contributed by atoms with Crippen LogP contribution in [-0.4, -0.2) is 27.3 Å². The lowest BCUT2D eigenvalue weighted by Crippen LogP contribution is -2.20. The number of hydrogen-bond donors (Lipinski definition) is 1. The zero-order valence-electron chi connectivity index (χ0n) is 7.84. The highest BCUT2D eigenvalue weighted by Gasteiger charge is 2.12. The van der Waals surface area contributed by atoms with Gasteiger partial charge in [-0.15, -0.1) is 11.3 Å². The quantitative estimate of drug-likeness (QED) is 0.882. The second-order valence-electron chi connectivity index (χ2n) is 2.85. The van der Waals surface area contributed by atoms with E-state index in [9.17, 15) is 0 Å². The Labute approximate surface area is 91.4 Å². The third kappa shape index (κ3) is 3.38. The van der Waals surface area contributed by atoms with Crippen molar-refractivity contribution >= 4 is 27.3 Å². The summed E-state index contributed by atoms with van der Waals surface area (Å²) >= 11 is 5.23. The van der Waals surface area contributed by atoms with Crippen LogP contribution in [0.15, 0.2) is 15.9 Å². The average molecular weight is 264 g/mol. The summed E-state index contributed by atoms with van der Waals surface area (Å²) in [5.74, 6) is 0.464. The minimum Gasteiger partial charge on any atom is -0.384 e. The van der Waals surface area contributed by atoms with Gasteiger partial charge in [0.1, 0.15) is 0 Å². The molecular formula is C9H14BrNOS. The molecule has 1 aromatic rings. The maximum Gasteiger partial charge on any atom is 0.0701 e. The Hall–Kier alpha value is 0.1000. The highest BCUT2D eigenvalue weighted by Crippen LogP contribution is 2.28. The van der Waals surface area contributed by atoms with Gasteiger partial charge in [0.05, 0.1) is 10.4 Å². The first-order valence-electron chi connectivity index (χ1n) is 4.16. The second kappa shape index (κ2) is 5.75. The van der Waals surface area contributed by atoms with Gasteiger partial charge in [0.2, 0.25) is 0 Å². The van der Waals surface area contributed by atoms with Crippen molar-refractivity contribution in [2.75, 3.05) is 27.3 Å². The molecule has 1 rings (SSSR count). The Kier molecular flexibility index (Phi) is 4.94. The number of methoxy groups -OCH3 is 1. The predicted molar refractivity (Wildman–Crippen MR) is 60.6 cm³/mol. The van der Waals surface area contributed by atoms with Gasteiger partial charge in [0, 0.05) is 24.4 Å². The maximum atomic E-state index is 5.17. The molecule has 0 aliphatic heterocycles. The van der Waals surface area contributed by atoms with Crippen LogP contribution in [0, 0.1) is 0 Å². The van der Waals surface area contributed by atoms with Gasteiger partial charge in [-0.05, 0) is 35.1 Å². The van der Waals surface area contributed by atoms with E-state index in [1.807, 2.05) is 7.05 Å². The molecule has 0 spiro atoms. The van der Waals surface area contributed by atoms with Gasteiger partial charge in [-0.1, -0.05) is 0 Å². The number of thiophene rings is 1. The number of hydrogen-bond acceptors (Lipinski definition) is 3. The molecule has 0 amide bonds. The van der Waals surface area contributed by atoms with Gasteiger partial charge in [-0.2, -0.15) is 0 Å². The van der Waals surface area contributed by atoms with Gasteiger partial charge >= 0.3 is 0 Å². The number of nitrogens with one attached hydrogen (secondary N) is 1. The average Bonchev–Trinajstić information content (AvgIpc) is 2.51. The Bertz CT molecular complexity index is 246. The van der Waals surface area contributed by atoms with E-state index >= 15 is 0 Å². The molecule has 0 saturated carbocycles. The SMILES string of the molecule is CNCC(COC)c1ccc(Br)s1. The minimum absolute atomic E-state index is 0.464. The van der Waals surface area contributed by atoms with Crippen LogP contribution < -0.4 is 5.32 Å². The zero-order valence-corrected chi connectivity index (χ0v) is 10.2. The molecule has 13 heavy (non-hydrogen) atoms. The van der Waals surface area contributed by atoms with Gasteiger partial charge in [0.15, 0.2) is 0 Å².